The van der Waals surface area contributed by atoms with Crippen LogP contribution in [0.25, 0.3) is 11.0 Å². The molecule has 0 spiro atoms. The Morgan fingerprint density at radius 2 is 1.84 bits per heavy atom. The number of ether oxygens (including phenoxy) is 1. The number of fused-ring (bicyclic) bond motifs is 1. The van der Waals surface area contributed by atoms with Gasteiger partial charge < -0.3 is 25.3 Å². The second-order valence-corrected chi connectivity index (χ2v) is 8.85. The summed E-state index contributed by atoms with van der Waals surface area (Å²) in [5.74, 6) is 0.128. The third-order valence-corrected chi connectivity index (χ3v) is 6.38. The van der Waals surface area contributed by atoms with Crippen LogP contribution >= 0.6 is 12.4 Å². The summed E-state index contributed by atoms with van der Waals surface area (Å²) in [6.45, 7) is 4.17. The van der Waals surface area contributed by atoms with Crippen molar-refractivity contribution in [3.63, 3.8) is 0 Å². The molecule has 1 saturated heterocycles. The molecule has 0 bridgehead atoms. The standard InChI is InChI=1S/C26H33N7O3.ClH/c1-3-36-26(35)23(25(34)33-12-4-5-13-33)30-15-17-6-11-21-20(14-17)31-22(32(21)2)16-29-19-9-7-18(8-10-19)24(27)28;/h6-11,14,23,29-30H,3-5,12-13,15-16H2,1-2H3,(H3,27,28);1H. The first-order chi connectivity index (χ1) is 17.4. The van der Waals surface area contributed by atoms with E-state index in [2.05, 4.69) is 10.6 Å². The zero-order chi connectivity index (χ0) is 25.7. The van der Waals surface area contributed by atoms with Gasteiger partial charge in [-0.3, -0.25) is 15.5 Å². The first-order valence-corrected chi connectivity index (χ1v) is 12.2. The lowest BCUT2D eigenvalue weighted by molar-refractivity contribution is -0.152. The van der Waals surface area contributed by atoms with Crippen LogP contribution in [0.3, 0.4) is 0 Å². The fourth-order valence-corrected chi connectivity index (χ4v) is 4.35. The molecule has 5 N–H and O–H groups in total. The summed E-state index contributed by atoms with van der Waals surface area (Å²) >= 11 is 0. The Kier molecular flexibility index (Phi) is 9.48. The zero-order valence-corrected chi connectivity index (χ0v) is 21.9. The average molecular weight is 528 g/mol. The van der Waals surface area contributed by atoms with E-state index in [4.69, 9.17) is 20.9 Å². The number of benzene rings is 2. The molecule has 198 valence electrons. The smallest absolute Gasteiger partial charge is 0.332 e. The van der Waals surface area contributed by atoms with E-state index in [9.17, 15) is 9.59 Å². The molecule has 1 amide bonds. The van der Waals surface area contributed by atoms with Crippen LogP contribution in [0.5, 0.6) is 0 Å². The quantitative estimate of drug-likeness (QED) is 0.137. The average Bonchev–Trinajstić information content (AvgIpc) is 3.51. The Morgan fingerprint density at radius 3 is 2.49 bits per heavy atom. The molecule has 4 rings (SSSR count). The number of amidine groups is 1. The van der Waals surface area contributed by atoms with Gasteiger partial charge in [0, 0.05) is 37.9 Å². The monoisotopic (exact) mass is 527 g/mol. The summed E-state index contributed by atoms with van der Waals surface area (Å²) in [5, 5.41) is 14.0. The van der Waals surface area contributed by atoms with Crippen LogP contribution in [0.4, 0.5) is 5.69 Å². The van der Waals surface area contributed by atoms with Crippen molar-refractivity contribution >= 4 is 46.8 Å². The number of esters is 1. The van der Waals surface area contributed by atoms with Crippen molar-refractivity contribution in [3.8, 4) is 0 Å². The number of nitrogens with one attached hydrogen (secondary N) is 3. The number of nitrogens with zero attached hydrogens (tertiary/aromatic N) is 3. The van der Waals surface area contributed by atoms with Gasteiger partial charge in [0.05, 0.1) is 24.2 Å². The lowest BCUT2D eigenvalue weighted by Gasteiger charge is -2.22. The predicted molar refractivity (Wildman–Crippen MR) is 146 cm³/mol. The maximum Gasteiger partial charge on any atom is 0.332 e. The van der Waals surface area contributed by atoms with Gasteiger partial charge >= 0.3 is 5.97 Å². The van der Waals surface area contributed by atoms with Crippen LogP contribution < -0.4 is 16.4 Å². The summed E-state index contributed by atoms with van der Waals surface area (Å²) < 4.78 is 7.19. The molecule has 3 aromatic rings. The molecule has 1 unspecified atom stereocenters. The molecule has 37 heavy (non-hydrogen) atoms. The fourth-order valence-electron chi connectivity index (χ4n) is 4.35. The molecule has 11 heteroatoms. The number of aryl methyl sites for hydroxylation is 1. The highest BCUT2D eigenvalue weighted by molar-refractivity contribution is 6.02. The SMILES string of the molecule is CCOC(=O)C(NCc1ccc2c(c1)nc(CNc1ccc(C(=N)N)cc1)n2C)C(=O)N1CCCC1.Cl. The van der Waals surface area contributed by atoms with Crippen LogP contribution in [-0.2, 0) is 34.5 Å². The van der Waals surface area contributed by atoms with Gasteiger partial charge in [-0.25, -0.2) is 9.78 Å². The van der Waals surface area contributed by atoms with Gasteiger partial charge in [-0.1, -0.05) is 6.07 Å². The molecule has 1 atom stereocenters. The minimum atomic E-state index is -1.02. The first kappa shape index (κ1) is 27.9. The molecule has 0 radical (unpaired) electrons. The highest BCUT2D eigenvalue weighted by Gasteiger charge is 2.32. The van der Waals surface area contributed by atoms with Crippen molar-refractivity contribution in [1.29, 1.82) is 5.41 Å². The number of rotatable bonds is 10. The fraction of sp³-hybridized carbons (Fsp3) is 0.385. The number of aromatic nitrogens is 2. The van der Waals surface area contributed by atoms with Gasteiger partial charge in [0.1, 0.15) is 11.7 Å². The van der Waals surface area contributed by atoms with Crippen molar-refractivity contribution in [3.05, 3.63) is 59.4 Å². The van der Waals surface area contributed by atoms with Crippen LogP contribution in [0.1, 0.15) is 36.7 Å². The van der Waals surface area contributed by atoms with E-state index in [1.807, 2.05) is 41.9 Å². The molecule has 1 aliphatic rings. The molecule has 10 nitrogen and oxygen atoms in total. The maximum atomic E-state index is 12.9. The second-order valence-electron chi connectivity index (χ2n) is 8.85. The first-order valence-electron chi connectivity index (χ1n) is 12.2. The molecular weight excluding hydrogens is 494 g/mol. The number of carbonyl (C=O) groups is 2. The zero-order valence-electron chi connectivity index (χ0n) is 21.1. The van der Waals surface area contributed by atoms with Crippen molar-refractivity contribution in [2.45, 2.75) is 38.9 Å². The number of likely N-dealkylation sites (tertiary alicyclic amines) is 1. The number of carbonyl (C=O) groups excluding carboxylic acids is 2. The number of anilines is 1. The second kappa shape index (κ2) is 12.6. The number of amides is 1. The van der Waals surface area contributed by atoms with E-state index < -0.39 is 12.0 Å². The van der Waals surface area contributed by atoms with E-state index in [0.717, 1.165) is 41.0 Å². The Bertz CT molecular complexity index is 1250. The minimum Gasteiger partial charge on any atom is -0.464 e. The van der Waals surface area contributed by atoms with Crippen molar-refractivity contribution < 1.29 is 14.3 Å². The van der Waals surface area contributed by atoms with Crippen LogP contribution in [0.15, 0.2) is 42.5 Å². The normalized spacial score (nSPS) is 13.7. The topological polar surface area (TPSA) is 138 Å². The number of hydrogen-bond acceptors (Lipinski definition) is 7. The molecule has 2 heterocycles. The molecule has 0 saturated carbocycles. The van der Waals surface area contributed by atoms with Gasteiger partial charge in [0.15, 0.2) is 6.04 Å². The van der Waals surface area contributed by atoms with E-state index in [0.29, 0.717) is 31.7 Å². The largest absolute Gasteiger partial charge is 0.464 e. The number of nitrogen functional groups attached to an aromatic ring is 1. The molecular formula is C26H34ClN7O3. The molecule has 2 aromatic carbocycles. The predicted octanol–water partition coefficient (Wildman–Crippen LogP) is 2.53. The lowest BCUT2D eigenvalue weighted by atomic mass is 10.1. The lowest BCUT2D eigenvalue weighted by Crippen LogP contribution is -2.50. The Balaban J connectivity index is 0.00000380. The Hall–Kier alpha value is -3.63. The number of halogens is 1. The van der Waals surface area contributed by atoms with Gasteiger partial charge in [0.25, 0.3) is 5.91 Å². The van der Waals surface area contributed by atoms with E-state index in [-0.39, 0.29) is 30.8 Å². The summed E-state index contributed by atoms with van der Waals surface area (Å²) in [5.41, 5.74) is 9.84. The van der Waals surface area contributed by atoms with E-state index in [1.54, 1.807) is 24.0 Å². The molecule has 0 aliphatic carbocycles. The number of nitrogens with two attached hydrogens (primary N) is 1. The third kappa shape index (κ3) is 6.58. The van der Waals surface area contributed by atoms with Crippen molar-refractivity contribution in [1.82, 2.24) is 19.8 Å². The van der Waals surface area contributed by atoms with Gasteiger partial charge in [-0.15, -0.1) is 12.4 Å². The summed E-state index contributed by atoms with van der Waals surface area (Å²) in [6.07, 6.45) is 1.91. The van der Waals surface area contributed by atoms with Gasteiger partial charge in [-0.05, 0) is 61.7 Å². The maximum absolute atomic E-state index is 12.9. The van der Waals surface area contributed by atoms with Gasteiger partial charge in [0.2, 0.25) is 0 Å². The number of imidazole rings is 1. The highest BCUT2D eigenvalue weighted by atomic mass is 35.5. The van der Waals surface area contributed by atoms with E-state index in [1.165, 1.54) is 0 Å². The van der Waals surface area contributed by atoms with Crippen molar-refractivity contribution in [2.24, 2.45) is 12.8 Å². The van der Waals surface area contributed by atoms with Crippen LogP contribution in [0.2, 0.25) is 0 Å². The van der Waals surface area contributed by atoms with Crippen LogP contribution in [0, 0.1) is 5.41 Å². The Labute approximate surface area is 222 Å². The summed E-state index contributed by atoms with van der Waals surface area (Å²) in [7, 11) is 1.97. The third-order valence-electron chi connectivity index (χ3n) is 6.38. The number of hydrogen-bond donors (Lipinski definition) is 4. The minimum absolute atomic E-state index is 0. The molecule has 1 aromatic heterocycles. The van der Waals surface area contributed by atoms with Crippen LogP contribution in [-0.4, -0.2) is 57.9 Å². The van der Waals surface area contributed by atoms with E-state index >= 15 is 0 Å². The molecule has 1 aliphatic heterocycles. The van der Waals surface area contributed by atoms with Crippen molar-refractivity contribution in [2.75, 3.05) is 25.0 Å². The summed E-state index contributed by atoms with van der Waals surface area (Å²) in [4.78, 5) is 31.9. The Morgan fingerprint density at radius 1 is 1.14 bits per heavy atom. The van der Waals surface area contributed by atoms with Gasteiger partial charge in [-0.2, -0.15) is 0 Å². The summed E-state index contributed by atoms with van der Waals surface area (Å²) in [6, 6.07) is 12.3. The molecule has 1 fully saturated rings. The highest BCUT2D eigenvalue weighted by Crippen LogP contribution is 2.19.